The summed E-state index contributed by atoms with van der Waals surface area (Å²) in [4.78, 5) is 28.5. The molecule has 2 aromatic carbocycles. The van der Waals surface area contributed by atoms with Gasteiger partial charge in [-0.2, -0.15) is 0 Å². The van der Waals surface area contributed by atoms with E-state index in [0.717, 1.165) is 29.1 Å². The molecule has 1 heterocycles. The van der Waals surface area contributed by atoms with Crippen molar-refractivity contribution in [3.8, 4) is 5.75 Å². The van der Waals surface area contributed by atoms with Gasteiger partial charge in [-0.05, 0) is 49.6 Å². The largest absolute Gasteiger partial charge is 0.497 e. The van der Waals surface area contributed by atoms with E-state index in [2.05, 4.69) is 5.32 Å². The van der Waals surface area contributed by atoms with Gasteiger partial charge in [-0.3, -0.25) is 9.59 Å². The molecule has 154 valence electrons. The molecule has 0 aliphatic carbocycles. The lowest BCUT2D eigenvalue weighted by Gasteiger charge is -2.39. The lowest BCUT2D eigenvalue weighted by molar-refractivity contribution is -0.139. The first-order chi connectivity index (χ1) is 14.0. The number of rotatable bonds is 7. The van der Waals surface area contributed by atoms with Crippen LogP contribution in [0.5, 0.6) is 5.75 Å². The number of hydrogen-bond donors (Lipinski definition) is 1. The first-order valence-electron chi connectivity index (χ1n) is 9.87. The van der Waals surface area contributed by atoms with Crippen molar-refractivity contribution in [3.05, 3.63) is 60.2 Å². The Morgan fingerprint density at radius 2 is 1.97 bits per heavy atom. The van der Waals surface area contributed by atoms with Crippen molar-refractivity contribution in [1.82, 2.24) is 10.2 Å². The maximum atomic E-state index is 12.9. The van der Waals surface area contributed by atoms with Gasteiger partial charge in [0.1, 0.15) is 5.75 Å². The summed E-state index contributed by atoms with van der Waals surface area (Å²) in [6.07, 6.45) is 1.62. The van der Waals surface area contributed by atoms with Gasteiger partial charge in [-0.25, -0.2) is 0 Å². The van der Waals surface area contributed by atoms with Crippen LogP contribution in [-0.4, -0.2) is 42.7 Å². The summed E-state index contributed by atoms with van der Waals surface area (Å²) in [7, 11) is 1.63. The van der Waals surface area contributed by atoms with Crippen molar-refractivity contribution < 1.29 is 14.3 Å². The maximum absolute atomic E-state index is 12.9. The molecule has 0 radical (unpaired) electrons. The van der Waals surface area contributed by atoms with Gasteiger partial charge in [0.15, 0.2) is 0 Å². The molecule has 3 rings (SSSR count). The van der Waals surface area contributed by atoms with Gasteiger partial charge in [0, 0.05) is 24.5 Å². The van der Waals surface area contributed by atoms with Crippen molar-refractivity contribution in [1.29, 1.82) is 0 Å². The summed E-state index contributed by atoms with van der Waals surface area (Å²) in [5, 5.41) is 3.04. The molecule has 1 aliphatic rings. The highest BCUT2D eigenvalue weighted by Crippen LogP contribution is 2.30. The number of carbonyl (C=O) groups excluding carboxylic acids is 2. The Morgan fingerprint density at radius 3 is 2.72 bits per heavy atom. The lowest BCUT2D eigenvalue weighted by Crippen LogP contribution is -2.52. The summed E-state index contributed by atoms with van der Waals surface area (Å²) in [5.41, 5.74) is 0.425. The second kappa shape index (κ2) is 9.83. The van der Waals surface area contributed by atoms with Crippen LogP contribution in [0, 0.1) is 5.41 Å². The van der Waals surface area contributed by atoms with Crippen LogP contribution in [0.15, 0.2) is 59.5 Å². The third-order valence-electron chi connectivity index (χ3n) is 5.29. The molecule has 6 heteroatoms. The van der Waals surface area contributed by atoms with Gasteiger partial charge in [0.2, 0.25) is 11.8 Å². The number of methoxy groups -OCH3 is 1. The fraction of sp³-hybridized carbons (Fsp3) is 0.391. The maximum Gasteiger partial charge on any atom is 0.232 e. The minimum absolute atomic E-state index is 0.00599. The molecule has 0 aromatic heterocycles. The van der Waals surface area contributed by atoms with Crippen molar-refractivity contribution in [2.24, 2.45) is 5.41 Å². The van der Waals surface area contributed by atoms with Crippen LogP contribution in [0.25, 0.3) is 0 Å². The number of piperidine rings is 1. The van der Waals surface area contributed by atoms with E-state index in [1.807, 2.05) is 66.4 Å². The summed E-state index contributed by atoms with van der Waals surface area (Å²) in [5.74, 6) is 1.25. The highest BCUT2D eigenvalue weighted by molar-refractivity contribution is 8.00. The van der Waals surface area contributed by atoms with E-state index in [0.29, 0.717) is 25.4 Å². The Labute approximate surface area is 176 Å². The monoisotopic (exact) mass is 412 g/mol. The molecule has 2 aromatic rings. The van der Waals surface area contributed by atoms with Crippen LogP contribution in [0.2, 0.25) is 0 Å². The Bertz CT molecular complexity index is 843. The highest BCUT2D eigenvalue weighted by Gasteiger charge is 2.39. The standard InChI is InChI=1S/C23H28N2O3S/c1-23(22(27)24-15-18-8-6-9-19(14-18)28-2)12-7-13-25(17-23)21(26)16-29-20-10-4-3-5-11-20/h3-6,8-11,14H,7,12-13,15-17H2,1-2H3,(H,24,27). The van der Waals surface area contributed by atoms with Gasteiger partial charge >= 0.3 is 0 Å². The van der Waals surface area contributed by atoms with E-state index in [1.54, 1.807) is 7.11 Å². The van der Waals surface area contributed by atoms with Crippen LogP contribution >= 0.6 is 11.8 Å². The topological polar surface area (TPSA) is 58.6 Å². The number of carbonyl (C=O) groups is 2. The molecule has 1 N–H and O–H groups in total. The van der Waals surface area contributed by atoms with Crippen molar-refractivity contribution in [3.63, 3.8) is 0 Å². The summed E-state index contributed by atoms with van der Waals surface area (Å²) in [6, 6.07) is 17.6. The number of ether oxygens (including phenoxy) is 1. The first-order valence-corrected chi connectivity index (χ1v) is 10.9. The van der Waals surface area contributed by atoms with E-state index in [1.165, 1.54) is 11.8 Å². The second-order valence-corrected chi connectivity index (χ2v) is 8.66. The average molecular weight is 413 g/mol. The van der Waals surface area contributed by atoms with E-state index >= 15 is 0 Å². The van der Waals surface area contributed by atoms with Crippen LogP contribution in [-0.2, 0) is 16.1 Å². The Hall–Kier alpha value is -2.47. The van der Waals surface area contributed by atoms with E-state index in [9.17, 15) is 9.59 Å². The van der Waals surface area contributed by atoms with Gasteiger partial charge in [-0.15, -0.1) is 11.8 Å². The normalized spacial score (nSPS) is 18.9. The first kappa shape index (κ1) is 21.2. The van der Waals surface area contributed by atoms with Gasteiger partial charge in [0.05, 0.1) is 18.3 Å². The molecular weight excluding hydrogens is 384 g/mol. The predicted molar refractivity (Wildman–Crippen MR) is 116 cm³/mol. The minimum Gasteiger partial charge on any atom is -0.497 e. The number of thioether (sulfide) groups is 1. The van der Waals surface area contributed by atoms with E-state index in [-0.39, 0.29) is 11.8 Å². The molecule has 1 unspecified atom stereocenters. The molecule has 1 atom stereocenters. The molecular formula is C23H28N2O3S. The Kier molecular flexibility index (Phi) is 7.20. The highest BCUT2D eigenvalue weighted by atomic mass is 32.2. The Balaban J connectivity index is 1.54. The third kappa shape index (κ3) is 5.76. The zero-order valence-corrected chi connectivity index (χ0v) is 17.8. The summed E-state index contributed by atoms with van der Waals surface area (Å²) >= 11 is 1.54. The van der Waals surface area contributed by atoms with Crippen LogP contribution in [0.4, 0.5) is 0 Å². The van der Waals surface area contributed by atoms with Crippen LogP contribution in [0.1, 0.15) is 25.3 Å². The quantitative estimate of drug-likeness (QED) is 0.704. The molecule has 5 nitrogen and oxygen atoms in total. The molecule has 1 aliphatic heterocycles. The average Bonchev–Trinajstić information content (AvgIpc) is 2.76. The molecule has 2 amide bonds. The second-order valence-electron chi connectivity index (χ2n) is 7.62. The van der Waals surface area contributed by atoms with E-state index < -0.39 is 5.41 Å². The number of nitrogens with zero attached hydrogens (tertiary/aromatic N) is 1. The molecule has 1 fully saturated rings. The van der Waals surface area contributed by atoms with E-state index in [4.69, 9.17) is 4.74 Å². The van der Waals surface area contributed by atoms with Gasteiger partial charge in [-0.1, -0.05) is 30.3 Å². The van der Waals surface area contributed by atoms with Crippen LogP contribution < -0.4 is 10.1 Å². The molecule has 0 bridgehead atoms. The predicted octanol–water partition coefficient (Wildman–Crippen LogP) is 3.73. The fourth-order valence-corrected chi connectivity index (χ4v) is 4.39. The third-order valence-corrected chi connectivity index (χ3v) is 6.29. The minimum atomic E-state index is -0.565. The number of nitrogens with one attached hydrogen (secondary N) is 1. The number of likely N-dealkylation sites (tertiary alicyclic amines) is 1. The van der Waals surface area contributed by atoms with Crippen molar-refractivity contribution >= 4 is 23.6 Å². The lowest BCUT2D eigenvalue weighted by atomic mass is 9.81. The van der Waals surface area contributed by atoms with Crippen LogP contribution in [0.3, 0.4) is 0 Å². The smallest absolute Gasteiger partial charge is 0.232 e. The summed E-state index contributed by atoms with van der Waals surface area (Å²) in [6.45, 7) is 3.58. The molecule has 29 heavy (non-hydrogen) atoms. The number of hydrogen-bond acceptors (Lipinski definition) is 4. The SMILES string of the molecule is COc1cccc(CNC(=O)C2(C)CCCN(C(=O)CSc3ccccc3)C2)c1. The zero-order chi connectivity index (χ0) is 20.7. The number of amides is 2. The molecule has 0 spiro atoms. The molecule has 0 saturated carbocycles. The fourth-order valence-electron chi connectivity index (χ4n) is 3.57. The number of benzene rings is 2. The zero-order valence-electron chi connectivity index (χ0n) is 17.0. The van der Waals surface area contributed by atoms with Crippen molar-refractivity contribution in [2.75, 3.05) is 26.0 Å². The molecule has 1 saturated heterocycles. The van der Waals surface area contributed by atoms with Crippen molar-refractivity contribution in [2.45, 2.75) is 31.2 Å². The Morgan fingerprint density at radius 1 is 1.17 bits per heavy atom. The van der Waals surface area contributed by atoms with Gasteiger partial charge < -0.3 is 15.0 Å². The van der Waals surface area contributed by atoms with Gasteiger partial charge in [0.25, 0.3) is 0 Å². The summed E-state index contributed by atoms with van der Waals surface area (Å²) < 4.78 is 5.23.